The fourth-order valence-corrected chi connectivity index (χ4v) is 6.75. The fraction of sp³-hybridized carbons (Fsp3) is 0.114. The highest BCUT2D eigenvalue weighted by atomic mass is 35.5. The molecule has 0 bridgehead atoms. The summed E-state index contributed by atoms with van der Waals surface area (Å²) in [6.45, 7) is 4.13. The minimum Gasteiger partial charge on any atom is -0.342 e. The third-order valence-corrected chi connectivity index (χ3v) is 9.35. The summed E-state index contributed by atoms with van der Waals surface area (Å²) in [6.07, 6.45) is -0.972. The van der Waals surface area contributed by atoms with Gasteiger partial charge in [-0.05, 0) is 74.0 Å². The van der Waals surface area contributed by atoms with Crippen molar-refractivity contribution in [3.63, 3.8) is 0 Å². The molecule has 5 aromatic carbocycles. The second-order valence-corrected chi connectivity index (χ2v) is 12.9. The van der Waals surface area contributed by atoms with E-state index in [1.54, 1.807) is 36.4 Å². The highest BCUT2D eigenvalue weighted by Crippen LogP contribution is 2.45. The van der Waals surface area contributed by atoms with Crippen molar-refractivity contribution in [1.29, 1.82) is 0 Å². The van der Waals surface area contributed by atoms with Crippen LogP contribution in [0.5, 0.6) is 0 Å². The molecule has 0 spiro atoms. The maximum absolute atomic E-state index is 15.7. The van der Waals surface area contributed by atoms with Crippen LogP contribution in [0.2, 0.25) is 5.02 Å². The number of hydrogen-bond acceptors (Lipinski definition) is 4. The van der Waals surface area contributed by atoms with E-state index in [2.05, 4.69) is 4.72 Å². The molecule has 0 radical (unpaired) electrons. The Morgan fingerprint density at radius 3 is 2.14 bits per heavy atom. The lowest BCUT2D eigenvalue weighted by atomic mass is 9.98. The lowest BCUT2D eigenvalue weighted by Gasteiger charge is -2.46. The molecular weight excluding hydrogens is 597 g/mol. The van der Waals surface area contributed by atoms with Crippen LogP contribution in [0.15, 0.2) is 120 Å². The number of nitrogens with zero attached hydrogens (tertiary/aromatic N) is 2. The van der Waals surface area contributed by atoms with E-state index >= 15 is 4.39 Å². The molecule has 0 saturated carbocycles. The van der Waals surface area contributed by atoms with E-state index in [1.165, 1.54) is 29.2 Å². The summed E-state index contributed by atoms with van der Waals surface area (Å²) in [7, 11) is -4.05. The first kappa shape index (κ1) is 29.4. The number of rotatable bonds is 7. The largest absolute Gasteiger partial charge is 0.342 e. The molecule has 44 heavy (non-hydrogen) atoms. The SMILES string of the molecule is Cc1ccc(NS(=O)(=O)c2ccc3c(c2)C(=O)N(c2ccc(C)cc2)[C@@H](c2c(F)cccc2Cl)N3Cc2ccccc2)cc1. The van der Waals surface area contributed by atoms with E-state index in [0.29, 0.717) is 17.1 Å². The van der Waals surface area contributed by atoms with E-state index < -0.39 is 27.9 Å². The smallest absolute Gasteiger partial charge is 0.262 e. The maximum atomic E-state index is 15.7. The standard InChI is InChI=1S/C35H29ClFN3O3S/c1-23-11-15-26(16-12-23)38-44(42,43)28-19-20-32-29(21-28)35(41)40(27-17-13-24(2)14-18-27)34(33-30(36)9-6-10-31(33)37)39(32)22-25-7-4-3-5-8-25/h3-21,34,38H,22H2,1-2H3/t34-/m0/s1. The summed E-state index contributed by atoms with van der Waals surface area (Å²) in [4.78, 5) is 17.8. The van der Waals surface area contributed by atoms with Crippen LogP contribution in [0.4, 0.5) is 21.5 Å². The van der Waals surface area contributed by atoms with Gasteiger partial charge < -0.3 is 4.90 Å². The Hall–Kier alpha value is -4.66. The molecule has 1 amide bonds. The monoisotopic (exact) mass is 625 g/mol. The number of fused-ring (bicyclic) bond motifs is 1. The molecule has 1 aliphatic rings. The zero-order valence-corrected chi connectivity index (χ0v) is 25.6. The zero-order chi connectivity index (χ0) is 31.0. The van der Waals surface area contributed by atoms with Gasteiger partial charge in [-0.2, -0.15) is 0 Å². The van der Waals surface area contributed by atoms with Crippen molar-refractivity contribution in [2.24, 2.45) is 0 Å². The van der Waals surface area contributed by atoms with Gasteiger partial charge in [0.15, 0.2) is 0 Å². The van der Waals surface area contributed by atoms with Crippen LogP contribution in [0.25, 0.3) is 0 Å². The molecule has 1 aliphatic heterocycles. The van der Waals surface area contributed by atoms with Crippen LogP contribution in [0.3, 0.4) is 0 Å². The first-order chi connectivity index (χ1) is 21.1. The van der Waals surface area contributed by atoms with Crippen molar-refractivity contribution in [2.45, 2.75) is 31.5 Å². The van der Waals surface area contributed by atoms with E-state index in [9.17, 15) is 13.2 Å². The molecule has 0 saturated heterocycles. The number of nitrogens with one attached hydrogen (secondary N) is 1. The first-order valence-electron chi connectivity index (χ1n) is 14.0. The van der Waals surface area contributed by atoms with Gasteiger partial charge >= 0.3 is 0 Å². The molecule has 0 aromatic heterocycles. The highest BCUT2D eigenvalue weighted by Gasteiger charge is 2.42. The number of aryl methyl sites for hydroxylation is 2. The van der Waals surface area contributed by atoms with Crippen LogP contribution >= 0.6 is 11.6 Å². The molecule has 0 fully saturated rings. The Labute approximate surface area is 261 Å². The second kappa shape index (κ2) is 11.8. The highest BCUT2D eigenvalue weighted by molar-refractivity contribution is 7.92. The number of anilines is 3. The summed E-state index contributed by atoms with van der Waals surface area (Å²) < 4.78 is 45.3. The van der Waals surface area contributed by atoms with Crippen LogP contribution in [0, 0.1) is 19.7 Å². The molecule has 0 aliphatic carbocycles. The summed E-state index contributed by atoms with van der Waals surface area (Å²) in [6, 6.07) is 32.8. The number of amides is 1. The van der Waals surface area contributed by atoms with E-state index in [4.69, 9.17) is 11.6 Å². The molecule has 1 N–H and O–H groups in total. The van der Waals surface area contributed by atoms with Crippen molar-refractivity contribution < 1.29 is 17.6 Å². The van der Waals surface area contributed by atoms with Crippen LogP contribution in [-0.2, 0) is 16.6 Å². The number of carbonyl (C=O) groups excluding carboxylic acids is 1. The van der Waals surface area contributed by atoms with Crippen LogP contribution in [0.1, 0.15) is 38.8 Å². The number of hydrogen-bond donors (Lipinski definition) is 1. The summed E-state index contributed by atoms with van der Waals surface area (Å²) in [5.74, 6) is -1.04. The normalized spacial score (nSPS) is 14.8. The molecule has 1 atom stereocenters. The van der Waals surface area contributed by atoms with Crippen molar-refractivity contribution in [1.82, 2.24) is 0 Å². The third-order valence-electron chi connectivity index (χ3n) is 7.65. The molecular formula is C35H29ClFN3O3S. The summed E-state index contributed by atoms with van der Waals surface area (Å²) in [5.41, 5.74) is 4.56. The Morgan fingerprint density at radius 1 is 0.818 bits per heavy atom. The zero-order valence-electron chi connectivity index (χ0n) is 24.0. The van der Waals surface area contributed by atoms with Gasteiger partial charge in [0.25, 0.3) is 15.9 Å². The minimum atomic E-state index is -4.05. The Morgan fingerprint density at radius 2 is 1.48 bits per heavy atom. The van der Waals surface area contributed by atoms with Gasteiger partial charge in [0.2, 0.25) is 0 Å². The van der Waals surface area contributed by atoms with Gasteiger partial charge in [0.05, 0.1) is 21.2 Å². The molecule has 5 aromatic rings. The number of halogens is 2. The Balaban J connectivity index is 1.55. The van der Waals surface area contributed by atoms with Crippen molar-refractivity contribution in [3.8, 4) is 0 Å². The lowest BCUT2D eigenvalue weighted by molar-refractivity contribution is 0.0967. The number of benzene rings is 5. The number of sulfonamides is 1. The van der Waals surface area contributed by atoms with Crippen molar-refractivity contribution >= 4 is 44.6 Å². The third kappa shape index (κ3) is 5.66. The van der Waals surface area contributed by atoms with Gasteiger partial charge in [-0.1, -0.05) is 83.4 Å². The lowest BCUT2D eigenvalue weighted by Crippen LogP contribution is -2.50. The van der Waals surface area contributed by atoms with Crippen molar-refractivity contribution in [2.75, 3.05) is 14.5 Å². The summed E-state index contributed by atoms with van der Waals surface area (Å²) >= 11 is 6.66. The Kier molecular flexibility index (Phi) is 7.88. The van der Waals surface area contributed by atoms with Gasteiger partial charge in [0, 0.05) is 23.5 Å². The van der Waals surface area contributed by atoms with Crippen LogP contribution < -0.4 is 14.5 Å². The number of carbonyl (C=O) groups is 1. The molecule has 6 rings (SSSR count). The Bertz CT molecular complexity index is 1930. The van der Waals surface area contributed by atoms with Gasteiger partial charge in [-0.15, -0.1) is 0 Å². The molecule has 0 unspecified atom stereocenters. The topological polar surface area (TPSA) is 69.7 Å². The molecule has 222 valence electrons. The molecule has 1 heterocycles. The first-order valence-corrected chi connectivity index (χ1v) is 15.9. The van der Waals surface area contributed by atoms with E-state index in [0.717, 1.165) is 16.7 Å². The van der Waals surface area contributed by atoms with Gasteiger partial charge in [0.1, 0.15) is 12.0 Å². The minimum absolute atomic E-state index is 0.0731. The van der Waals surface area contributed by atoms with Gasteiger partial charge in [-0.3, -0.25) is 14.4 Å². The van der Waals surface area contributed by atoms with Crippen LogP contribution in [-0.4, -0.2) is 14.3 Å². The second-order valence-electron chi connectivity index (χ2n) is 10.8. The predicted octanol–water partition coefficient (Wildman–Crippen LogP) is 8.26. The quantitative estimate of drug-likeness (QED) is 0.198. The molecule has 6 nitrogen and oxygen atoms in total. The molecule has 9 heteroatoms. The predicted molar refractivity (Wildman–Crippen MR) is 173 cm³/mol. The fourth-order valence-electron chi connectivity index (χ4n) is 5.41. The van der Waals surface area contributed by atoms with E-state index in [-0.39, 0.29) is 27.6 Å². The maximum Gasteiger partial charge on any atom is 0.262 e. The van der Waals surface area contributed by atoms with E-state index in [1.807, 2.05) is 73.3 Å². The summed E-state index contributed by atoms with van der Waals surface area (Å²) in [5, 5.41) is 0.169. The average molecular weight is 626 g/mol. The van der Waals surface area contributed by atoms with Crippen molar-refractivity contribution in [3.05, 3.63) is 154 Å². The average Bonchev–Trinajstić information content (AvgIpc) is 3.01. The van der Waals surface area contributed by atoms with Gasteiger partial charge in [-0.25, -0.2) is 12.8 Å².